The molecular weight excluding hydrogens is 310 g/mol. The first-order valence-electron chi connectivity index (χ1n) is 8.68. The lowest BCUT2D eigenvalue weighted by atomic mass is 9.97. The van der Waals surface area contributed by atoms with E-state index in [-0.39, 0.29) is 12.4 Å². The van der Waals surface area contributed by atoms with Crippen molar-refractivity contribution < 1.29 is 0 Å². The zero-order chi connectivity index (χ0) is 15.4. The molecule has 1 aromatic rings. The van der Waals surface area contributed by atoms with Gasteiger partial charge in [0.15, 0.2) is 5.82 Å². The summed E-state index contributed by atoms with van der Waals surface area (Å²) < 4.78 is 0. The molecule has 1 unspecified atom stereocenters. The van der Waals surface area contributed by atoms with Crippen molar-refractivity contribution in [3.63, 3.8) is 0 Å². The first kappa shape index (κ1) is 18.4. The van der Waals surface area contributed by atoms with Gasteiger partial charge < -0.3 is 15.1 Å². The largest absolute Gasteiger partial charge is 0.355 e. The molecule has 2 fully saturated rings. The van der Waals surface area contributed by atoms with E-state index in [2.05, 4.69) is 38.4 Å². The minimum Gasteiger partial charge on any atom is -0.355 e. The Bertz CT molecular complexity index is 453. The molecule has 1 aromatic heterocycles. The second-order valence-corrected chi connectivity index (χ2v) is 6.89. The molecule has 5 nitrogen and oxygen atoms in total. The average molecular weight is 340 g/mol. The van der Waals surface area contributed by atoms with Gasteiger partial charge in [0, 0.05) is 32.7 Å². The van der Waals surface area contributed by atoms with Crippen molar-refractivity contribution in [3.05, 3.63) is 17.8 Å². The number of halogens is 1. The van der Waals surface area contributed by atoms with E-state index in [0.717, 1.165) is 17.4 Å². The van der Waals surface area contributed by atoms with E-state index in [4.69, 9.17) is 0 Å². The summed E-state index contributed by atoms with van der Waals surface area (Å²) in [5, 5.41) is 12.0. The number of aryl methyl sites for hydroxylation is 1. The van der Waals surface area contributed by atoms with Gasteiger partial charge in [-0.05, 0) is 63.7 Å². The minimum atomic E-state index is 0. The molecule has 2 saturated heterocycles. The van der Waals surface area contributed by atoms with Gasteiger partial charge in [-0.15, -0.1) is 17.5 Å². The van der Waals surface area contributed by atoms with Gasteiger partial charge in [-0.25, -0.2) is 0 Å². The molecule has 2 aliphatic rings. The summed E-state index contributed by atoms with van der Waals surface area (Å²) in [4.78, 5) is 4.97. The van der Waals surface area contributed by atoms with E-state index in [9.17, 15) is 0 Å². The van der Waals surface area contributed by atoms with Crippen LogP contribution in [0, 0.1) is 12.8 Å². The molecule has 1 atom stereocenters. The summed E-state index contributed by atoms with van der Waals surface area (Å²) in [7, 11) is 2.16. The third-order valence-electron chi connectivity index (χ3n) is 5.17. The smallest absolute Gasteiger partial charge is 0.151 e. The van der Waals surface area contributed by atoms with Crippen LogP contribution in [0.15, 0.2) is 12.1 Å². The summed E-state index contributed by atoms with van der Waals surface area (Å²) in [6.07, 6.45) is 5.19. The summed E-state index contributed by atoms with van der Waals surface area (Å²) >= 11 is 0. The molecule has 0 spiro atoms. The molecule has 0 aromatic carbocycles. The molecule has 130 valence electrons. The van der Waals surface area contributed by atoms with Gasteiger partial charge in [-0.1, -0.05) is 0 Å². The lowest BCUT2D eigenvalue weighted by molar-refractivity contribution is 0.168. The van der Waals surface area contributed by atoms with Gasteiger partial charge in [-0.3, -0.25) is 0 Å². The van der Waals surface area contributed by atoms with Gasteiger partial charge >= 0.3 is 0 Å². The molecule has 0 amide bonds. The molecule has 0 aliphatic carbocycles. The number of hydrogen-bond donors (Lipinski definition) is 1. The molecule has 3 heterocycles. The number of likely N-dealkylation sites (tertiary alicyclic amines) is 1. The number of hydrogen-bond acceptors (Lipinski definition) is 5. The molecule has 2 aliphatic heterocycles. The van der Waals surface area contributed by atoms with Crippen LogP contribution < -0.4 is 10.2 Å². The predicted molar refractivity (Wildman–Crippen MR) is 97.5 cm³/mol. The lowest BCUT2D eigenvalue weighted by Gasteiger charge is -2.39. The Balaban J connectivity index is 0.00000192. The Labute approximate surface area is 146 Å². The van der Waals surface area contributed by atoms with Crippen LogP contribution >= 0.6 is 12.4 Å². The third-order valence-corrected chi connectivity index (χ3v) is 5.17. The Morgan fingerprint density at radius 1 is 1.22 bits per heavy atom. The van der Waals surface area contributed by atoms with Crippen molar-refractivity contribution in [1.29, 1.82) is 0 Å². The highest BCUT2D eigenvalue weighted by Gasteiger charge is 2.25. The fraction of sp³-hybridized carbons (Fsp3) is 0.765. The molecule has 0 saturated carbocycles. The van der Waals surface area contributed by atoms with Crippen LogP contribution in [0.25, 0.3) is 0 Å². The van der Waals surface area contributed by atoms with Crippen molar-refractivity contribution >= 4 is 18.2 Å². The predicted octanol–water partition coefficient (Wildman–Crippen LogP) is 2.11. The maximum absolute atomic E-state index is 4.32. The standard InChI is InChI=1S/C17H29N5.ClH/c1-14-5-6-17(20-19-14)21(2)16-7-10-22(11-8-16)13-15-4-3-9-18-12-15;/h5-6,15-16,18H,3-4,7-13H2,1-2H3;1H. The highest BCUT2D eigenvalue weighted by Crippen LogP contribution is 2.21. The van der Waals surface area contributed by atoms with E-state index in [1.54, 1.807) is 0 Å². The molecule has 0 radical (unpaired) electrons. The quantitative estimate of drug-likeness (QED) is 0.910. The molecule has 6 heteroatoms. The van der Waals surface area contributed by atoms with Crippen molar-refractivity contribution in [2.75, 3.05) is 44.7 Å². The van der Waals surface area contributed by atoms with E-state index in [1.807, 2.05) is 13.0 Å². The second-order valence-electron chi connectivity index (χ2n) is 6.89. The third kappa shape index (κ3) is 5.03. The number of rotatable bonds is 4. The first-order valence-corrected chi connectivity index (χ1v) is 8.68. The monoisotopic (exact) mass is 339 g/mol. The highest BCUT2D eigenvalue weighted by molar-refractivity contribution is 5.85. The van der Waals surface area contributed by atoms with Crippen molar-refractivity contribution in [2.45, 2.75) is 38.6 Å². The van der Waals surface area contributed by atoms with Gasteiger partial charge in [0.05, 0.1) is 5.69 Å². The Hall–Kier alpha value is -0.910. The van der Waals surface area contributed by atoms with E-state index < -0.39 is 0 Å². The highest BCUT2D eigenvalue weighted by atomic mass is 35.5. The molecule has 0 bridgehead atoms. The van der Waals surface area contributed by atoms with E-state index >= 15 is 0 Å². The number of anilines is 1. The summed E-state index contributed by atoms with van der Waals surface area (Å²) in [5.41, 5.74) is 0.980. The van der Waals surface area contributed by atoms with Crippen LogP contribution in [0.2, 0.25) is 0 Å². The normalized spacial score (nSPS) is 23.3. The topological polar surface area (TPSA) is 44.3 Å². The zero-order valence-electron chi connectivity index (χ0n) is 14.4. The van der Waals surface area contributed by atoms with Crippen molar-refractivity contribution in [3.8, 4) is 0 Å². The number of nitrogens with one attached hydrogen (secondary N) is 1. The number of piperidine rings is 2. The molecule has 3 rings (SSSR count). The summed E-state index contributed by atoms with van der Waals surface area (Å²) in [5.74, 6) is 1.85. The van der Waals surface area contributed by atoms with Gasteiger partial charge in [-0.2, -0.15) is 5.10 Å². The number of nitrogens with zero attached hydrogens (tertiary/aromatic N) is 4. The average Bonchev–Trinajstić information content (AvgIpc) is 2.57. The van der Waals surface area contributed by atoms with Crippen LogP contribution in [-0.4, -0.2) is 60.9 Å². The summed E-state index contributed by atoms with van der Waals surface area (Å²) in [6.45, 7) is 8.10. The van der Waals surface area contributed by atoms with Crippen LogP contribution in [0.5, 0.6) is 0 Å². The molecule has 23 heavy (non-hydrogen) atoms. The van der Waals surface area contributed by atoms with Crippen LogP contribution in [0.4, 0.5) is 5.82 Å². The fourth-order valence-corrected chi connectivity index (χ4v) is 3.70. The fourth-order valence-electron chi connectivity index (χ4n) is 3.70. The van der Waals surface area contributed by atoms with Crippen LogP contribution in [-0.2, 0) is 0 Å². The van der Waals surface area contributed by atoms with E-state index in [0.29, 0.717) is 6.04 Å². The van der Waals surface area contributed by atoms with Gasteiger partial charge in [0.25, 0.3) is 0 Å². The Morgan fingerprint density at radius 3 is 2.61 bits per heavy atom. The van der Waals surface area contributed by atoms with Crippen molar-refractivity contribution in [2.24, 2.45) is 5.92 Å². The maximum atomic E-state index is 4.32. The number of aromatic nitrogens is 2. The SMILES string of the molecule is Cc1ccc(N(C)C2CCN(CC3CCCNC3)CC2)nn1.Cl. The van der Waals surface area contributed by atoms with Crippen molar-refractivity contribution in [1.82, 2.24) is 20.4 Å². The zero-order valence-corrected chi connectivity index (χ0v) is 15.2. The Kier molecular flexibility index (Phi) is 7.06. The van der Waals surface area contributed by atoms with Gasteiger partial charge in [0.2, 0.25) is 0 Å². The van der Waals surface area contributed by atoms with E-state index in [1.165, 1.54) is 58.4 Å². The second kappa shape index (κ2) is 8.81. The van der Waals surface area contributed by atoms with Crippen LogP contribution in [0.3, 0.4) is 0 Å². The first-order chi connectivity index (χ1) is 10.7. The lowest BCUT2D eigenvalue weighted by Crippen LogP contribution is -2.46. The van der Waals surface area contributed by atoms with Gasteiger partial charge in [0.1, 0.15) is 0 Å². The molecular formula is C17H30ClN5. The minimum absolute atomic E-state index is 0. The maximum Gasteiger partial charge on any atom is 0.151 e. The van der Waals surface area contributed by atoms with Crippen LogP contribution in [0.1, 0.15) is 31.4 Å². The molecule has 1 N–H and O–H groups in total. The Morgan fingerprint density at radius 2 is 2.00 bits per heavy atom. The summed E-state index contributed by atoms with van der Waals surface area (Å²) in [6, 6.07) is 4.73.